The highest BCUT2D eigenvalue weighted by molar-refractivity contribution is 5.72. The number of ether oxygens (including phenoxy) is 2. The van der Waals surface area contributed by atoms with Crippen LogP contribution in [-0.2, 0) is 19.1 Å². The van der Waals surface area contributed by atoms with Gasteiger partial charge in [0.25, 0.3) is 5.69 Å². The van der Waals surface area contributed by atoms with Crippen molar-refractivity contribution in [2.75, 3.05) is 83.6 Å². The molecule has 0 saturated carbocycles. The first-order chi connectivity index (χ1) is 16.7. The van der Waals surface area contributed by atoms with E-state index in [1.54, 1.807) is 6.92 Å². The number of nitrogens with one attached hydrogen (secondary N) is 1. The number of hydrogen-bond acceptors (Lipinski definition) is 10. The van der Waals surface area contributed by atoms with E-state index in [1.807, 2.05) is 11.8 Å². The van der Waals surface area contributed by atoms with Crippen molar-refractivity contribution in [2.45, 2.75) is 13.8 Å². The van der Waals surface area contributed by atoms with Crippen molar-refractivity contribution in [1.29, 1.82) is 0 Å². The molecule has 35 heavy (non-hydrogen) atoms. The topological polar surface area (TPSA) is 117 Å². The number of benzene rings is 1. The van der Waals surface area contributed by atoms with Gasteiger partial charge in [0.05, 0.1) is 43.4 Å². The van der Waals surface area contributed by atoms with Gasteiger partial charge >= 0.3 is 11.9 Å². The minimum absolute atomic E-state index is 0.112. The first-order valence-corrected chi connectivity index (χ1v) is 11.6. The van der Waals surface area contributed by atoms with Crippen molar-refractivity contribution < 1.29 is 32.8 Å². The van der Waals surface area contributed by atoms with E-state index in [4.69, 9.17) is 9.47 Å². The highest BCUT2D eigenvalue weighted by atomic mass is 19.1. The van der Waals surface area contributed by atoms with E-state index in [0.717, 1.165) is 26.2 Å². The SMILES string of the molecule is CCOC(=O)CN1CCN(c2c(F)cc([N+](=O)[O-])cc2F)CC1.CCOC(=O)CN1CCNCC1. The quantitative estimate of drug-likeness (QED) is 0.314. The second-order valence-electron chi connectivity index (χ2n) is 7.91. The molecule has 1 aromatic rings. The number of piperazine rings is 2. The van der Waals surface area contributed by atoms with Crippen molar-refractivity contribution in [2.24, 2.45) is 0 Å². The van der Waals surface area contributed by atoms with E-state index in [2.05, 4.69) is 10.2 Å². The van der Waals surface area contributed by atoms with Crippen LogP contribution in [-0.4, -0.2) is 105 Å². The summed E-state index contributed by atoms with van der Waals surface area (Å²) >= 11 is 0. The smallest absolute Gasteiger partial charge is 0.320 e. The standard InChI is InChI=1S/C14H17F2N3O4.C8H16N2O2/c1-2-23-13(20)9-17-3-5-18(6-4-17)14-11(15)7-10(19(21)22)8-12(14)16;1-2-12-8(11)7-10-5-3-9-4-6-10/h7-8H,2-6,9H2,1H3;9H,2-7H2,1H3. The number of nitro benzene ring substituents is 1. The van der Waals surface area contributed by atoms with Gasteiger partial charge < -0.3 is 19.7 Å². The summed E-state index contributed by atoms with van der Waals surface area (Å²) in [6.45, 7) is 10.2. The number of carbonyl (C=O) groups excluding carboxylic acids is 2. The van der Waals surface area contributed by atoms with Gasteiger partial charge in [0, 0.05) is 52.4 Å². The van der Waals surface area contributed by atoms with Gasteiger partial charge in [-0.1, -0.05) is 0 Å². The number of anilines is 1. The van der Waals surface area contributed by atoms with Gasteiger partial charge in [-0.3, -0.25) is 29.5 Å². The van der Waals surface area contributed by atoms with Crippen LogP contribution in [0.2, 0.25) is 0 Å². The summed E-state index contributed by atoms with van der Waals surface area (Å²) in [5.41, 5.74) is -0.893. The van der Waals surface area contributed by atoms with Gasteiger partial charge in [-0.05, 0) is 13.8 Å². The molecular weight excluding hydrogens is 468 g/mol. The Morgan fingerprint density at radius 2 is 1.37 bits per heavy atom. The van der Waals surface area contributed by atoms with Gasteiger partial charge in [0.15, 0.2) is 11.6 Å². The lowest BCUT2D eigenvalue weighted by molar-refractivity contribution is -0.385. The van der Waals surface area contributed by atoms with Crippen LogP contribution in [0.1, 0.15) is 13.8 Å². The van der Waals surface area contributed by atoms with Crippen LogP contribution in [0.15, 0.2) is 12.1 Å². The van der Waals surface area contributed by atoms with Crippen LogP contribution >= 0.6 is 0 Å². The Labute approximate surface area is 203 Å². The summed E-state index contributed by atoms with van der Waals surface area (Å²) in [4.78, 5) is 37.6. The predicted octanol–water partition coefficient (Wildman–Crippen LogP) is 1.01. The Morgan fingerprint density at radius 1 is 0.914 bits per heavy atom. The Hall–Kier alpha value is -2.90. The van der Waals surface area contributed by atoms with E-state index in [0.29, 0.717) is 58.1 Å². The lowest BCUT2D eigenvalue weighted by atomic mass is 10.2. The summed E-state index contributed by atoms with van der Waals surface area (Å²) in [5.74, 6) is -2.38. The fourth-order valence-electron chi connectivity index (χ4n) is 3.74. The van der Waals surface area contributed by atoms with Crippen molar-refractivity contribution in [1.82, 2.24) is 15.1 Å². The van der Waals surface area contributed by atoms with E-state index in [-0.39, 0.29) is 24.2 Å². The van der Waals surface area contributed by atoms with Crippen molar-refractivity contribution >= 4 is 23.3 Å². The maximum atomic E-state index is 14.0. The molecule has 0 bridgehead atoms. The number of nitrogens with zero attached hydrogens (tertiary/aromatic N) is 4. The molecule has 3 rings (SSSR count). The number of non-ortho nitro benzene ring substituents is 1. The van der Waals surface area contributed by atoms with Crippen LogP contribution in [0.25, 0.3) is 0 Å². The van der Waals surface area contributed by atoms with E-state index in [1.165, 1.54) is 4.90 Å². The summed E-state index contributed by atoms with van der Waals surface area (Å²) in [5, 5.41) is 13.8. The second kappa shape index (κ2) is 14.5. The molecule has 2 aliphatic heterocycles. The van der Waals surface area contributed by atoms with Gasteiger partial charge in [-0.15, -0.1) is 0 Å². The molecule has 0 spiro atoms. The van der Waals surface area contributed by atoms with E-state index in [9.17, 15) is 28.5 Å². The highest BCUT2D eigenvalue weighted by Crippen LogP contribution is 2.28. The van der Waals surface area contributed by atoms with Crippen LogP contribution in [0.4, 0.5) is 20.2 Å². The third kappa shape index (κ3) is 9.34. The molecule has 13 heteroatoms. The molecule has 2 aliphatic rings. The molecule has 196 valence electrons. The predicted molar refractivity (Wildman–Crippen MR) is 124 cm³/mol. The van der Waals surface area contributed by atoms with Crippen LogP contribution < -0.4 is 10.2 Å². The van der Waals surface area contributed by atoms with Crippen molar-refractivity contribution in [3.63, 3.8) is 0 Å². The molecule has 0 atom stereocenters. The molecule has 1 aromatic carbocycles. The van der Waals surface area contributed by atoms with Gasteiger partial charge in [0.2, 0.25) is 0 Å². The van der Waals surface area contributed by atoms with E-state index >= 15 is 0 Å². The molecule has 0 amide bonds. The molecule has 2 heterocycles. The van der Waals surface area contributed by atoms with E-state index < -0.39 is 22.2 Å². The Morgan fingerprint density at radius 3 is 1.80 bits per heavy atom. The Balaban J connectivity index is 0.000000303. The summed E-state index contributed by atoms with van der Waals surface area (Å²) in [6.07, 6.45) is 0. The molecule has 11 nitrogen and oxygen atoms in total. The van der Waals surface area contributed by atoms with Gasteiger partial charge in [0.1, 0.15) is 5.69 Å². The Kier molecular flexibility index (Phi) is 11.7. The molecule has 0 aliphatic carbocycles. The largest absolute Gasteiger partial charge is 0.465 e. The minimum atomic E-state index is -0.962. The number of esters is 2. The monoisotopic (exact) mass is 501 g/mol. The third-order valence-electron chi connectivity index (χ3n) is 5.43. The zero-order chi connectivity index (χ0) is 25.8. The third-order valence-corrected chi connectivity index (χ3v) is 5.43. The van der Waals surface area contributed by atoms with Crippen molar-refractivity contribution in [3.05, 3.63) is 33.9 Å². The molecule has 0 unspecified atom stereocenters. The zero-order valence-corrected chi connectivity index (χ0v) is 20.1. The molecular formula is C22H33F2N5O6. The second-order valence-corrected chi connectivity index (χ2v) is 7.91. The van der Waals surface area contributed by atoms with Gasteiger partial charge in [-0.25, -0.2) is 8.78 Å². The average molecular weight is 502 g/mol. The maximum Gasteiger partial charge on any atom is 0.320 e. The number of rotatable bonds is 8. The average Bonchev–Trinajstić information content (AvgIpc) is 2.81. The fraction of sp³-hybridized carbons (Fsp3) is 0.636. The van der Waals surface area contributed by atoms with Crippen LogP contribution in [0, 0.1) is 21.7 Å². The molecule has 0 aromatic heterocycles. The number of nitro groups is 1. The van der Waals surface area contributed by atoms with Crippen LogP contribution in [0.5, 0.6) is 0 Å². The first kappa shape index (κ1) is 28.3. The lowest BCUT2D eigenvalue weighted by Crippen LogP contribution is -2.48. The molecule has 1 N–H and O–H groups in total. The number of carbonyl (C=O) groups is 2. The summed E-state index contributed by atoms with van der Waals surface area (Å²) in [7, 11) is 0. The molecule has 2 fully saturated rings. The highest BCUT2D eigenvalue weighted by Gasteiger charge is 2.26. The lowest BCUT2D eigenvalue weighted by Gasteiger charge is -2.35. The summed E-state index contributed by atoms with van der Waals surface area (Å²) in [6, 6.07) is 1.42. The minimum Gasteiger partial charge on any atom is -0.465 e. The maximum absolute atomic E-state index is 14.0. The van der Waals surface area contributed by atoms with Gasteiger partial charge in [-0.2, -0.15) is 0 Å². The molecule has 0 radical (unpaired) electrons. The fourth-order valence-corrected chi connectivity index (χ4v) is 3.74. The normalized spacial score (nSPS) is 16.7. The zero-order valence-electron chi connectivity index (χ0n) is 20.1. The van der Waals surface area contributed by atoms with Crippen LogP contribution in [0.3, 0.4) is 0 Å². The number of halogens is 2. The molecule has 2 saturated heterocycles. The first-order valence-electron chi connectivity index (χ1n) is 11.6. The number of hydrogen-bond donors (Lipinski definition) is 1. The summed E-state index contributed by atoms with van der Waals surface area (Å²) < 4.78 is 37.7. The van der Waals surface area contributed by atoms with Crippen molar-refractivity contribution in [3.8, 4) is 0 Å². The Bertz CT molecular complexity index is 838.